The van der Waals surface area contributed by atoms with E-state index in [0.29, 0.717) is 5.56 Å². The summed E-state index contributed by atoms with van der Waals surface area (Å²) in [4.78, 5) is 11.4. The molecule has 2 N–H and O–H groups in total. The van der Waals surface area contributed by atoms with Crippen LogP contribution in [0.1, 0.15) is 38.8 Å². The van der Waals surface area contributed by atoms with E-state index in [4.69, 9.17) is 4.74 Å². The fraction of sp³-hybridized carbons (Fsp3) is 0.533. The molecule has 0 radical (unpaired) electrons. The molecule has 0 aliphatic rings. The van der Waals surface area contributed by atoms with Crippen LogP contribution in [0.3, 0.4) is 0 Å². The number of aliphatic hydroxyl groups is 1. The lowest BCUT2D eigenvalue weighted by atomic mass is 9.78. The zero-order chi connectivity index (χ0) is 14.8. The molecule has 1 aromatic carbocycles. The van der Waals surface area contributed by atoms with Crippen LogP contribution in [0.2, 0.25) is 0 Å². The molecular formula is C15H22O4. The summed E-state index contributed by atoms with van der Waals surface area (Å²) in [5, 5.41) is 18.7. The Morgan fingerprint density at radius 2 is 1.84 bits per heavy atom. The van der Waals surface area contributed by atoms with Crippen LogP contribution in [-0.4, -0.2) is 29.9 Å². The highest BCUT2D eigenvalue weighted by molar-refractivity contribution is 5.81. The van der Waals surface area contributed by atoms with Gasteiger partial charge in [0, 0.05) is 0 Å². The van der Waals surface area contributed by atoms with Crippen molar-refractivity contribution in [2.24, 2.45) is 0 Å². The molecule has 0 fully saturated rings. The molecule has 1 rings (SSSR count). The second-order valence-corrected chi connectivity index (χ2v) is 5.96. The molecule has 4 nitrogen and oxygen atoms in total. The zero-order valence-corrected chi connectivity index (χ0v) is 12.2. The van der Waals surface area contributed by atoms with Gasteiger partial charge in [-0.25, -0.2) is 0 Å². The van der Waals surface area contributed by atoms with Crippen LogP contribution in [0.5, 0.6) is 5.75 Å². The molecule has 0 saturated carbocycles. The molecule has 4 heteroatoms. The number of ether oxygens (including phenoxy) is 1. The van der Waals surface area contributed by atoms with Gasteiger partial charge in [0.2, 0.25) is 0 Å². The molecular weight excluding hydrogens is 244 g/mol. The SMILES string of the molecule is COc1ccc(C(C)(CO)C(=O)O)cc1C(C)(C)C. The Kier molecular flexibility index (Phi) is 4.25. The second-order valence-electron chi connectivity index (χ2n) is 5.96. The van der Waals surface area contributed by atoms with E-state index in [9.17, 15) is 15.0 Å². The first-order valence-electron chi connectivity index (χ1n) is 6.20. The lowest BCUT2D eigenvalue weighted by Crippen LogP contribution is -2.36. The Bertz CT molecular complexity index is 474. The third kappa shape index (κ3) is 2.89. The van der Waals surface area contributed by atoms with Gasteiger partial charge in [-0.3, -0.25) is 4.79 Å². The van der Waals surface area contributed by atoms with Gasteiger partial charge < -0.3 is 14.9 Å². The minimum atomic E-state index is -1.30. The maximum absolute atomic E-state index is 11.4. The second kappa shape index (κ2) is 5.21. The molecule has 0 aromatic heterocycles. The first-order valence-corrected chi connectivity index (χ1v) is 6.20. The predicted molar refractivity (Wildman–Crippen MR) is 73.8 cm³/mol. The number of methoxy groups -OCH3 is 1. The molecule has 1 unspecified atom stereocenters. The van der Waals surface area contributed by atoms with E-state index < -0.39 is 18.0 Å². The number of aliphatic carboxylic acids is 1. The summed E-state index contributed by atoms with van der Waals surface area (Å²) in [7, 11) is 1.59. The Labute approximate surface area is 114 Å². The smallest absolute Gasteiger partial charge is 0.316 e. The summed E-state index contributed by atoms with van der Waals surface area (Å²) in [6.45, 7) is 7.17. The van der Waals surface area contributed by atoms with Crippen LogP contribution in [0.4, 0.5) is 0 Å². The van der Waals surface area contributed by atoms with Gasteiger partial charge in [0.15, 0.2) is 0 Å². The molecule has 0 aliphatic carbocycles. The molecule has 0 spiro atoms. The van der Waals surface area contributed by atoms with Crippen LogP contribution in [0.25, 0.3) is 0 Å². The predicted octanol–water partition coefficient (Wildman–Crippen LogP) is 2.33. The lowest BCUT2D eigenvalue weighted by Gasteiger charge is -2.27. The van der Waals surface area contributed by atoms with Crippen LogP contribution in [0.15, 0.2) is 18.2 Å². The average Bonchev–Trinajstić information content (AvgIpc) is 2.35. The van der Waals surface area contributed by atoms with Crippen molar-refractivity contribution in [1.29, 1.82) is 0 Å². The average molecular weight is 266 g/mol. The normalized spacial score (nSPS) is 14.8. The fourth-order valence-corrected chi connectivity index (χ4v) is 1.92. The van der Waals surface area contributed by atoms with Crippen molar-refractivity contribution in [3.63, 3.8) is 0 Å². The first kappa shape index (κ1) is 15.5. The number of hydrogen-bond acceptors (Lipinski definition) is 3. The maximum atomic E-state index is 11.4. The van der Waals surface area contributed by atoms with Crippen molar-refractivity contribution in [2.45, 2.75) is 38.5 Å². The number of carbonyl (C=O) groups is 1. The summed E-state index contributed by atoms with van der Waals surface area (Å²) >= 11 is 0. The van der Waals surface area contributed by atoms with E-state index in [-0.39, 0.29) is 5.41 Å². The fourth-order valence-electron chi connectivity index (χ4n) is 1.92. The van der Waals surface area contributed by atoms with Gasteiger partial charge in [0.1, 0.15) is 11.2 Å². The summed E-state index contributed by atoms with van der Waals surface area (Å²) in [5.41, 5.74) is 0.0318. The van der Waals surface area contributed by atoms with Crippen molar-refractivity contribution in [1.82, 2.24) is 0 Å². The molecule has 0 amide bonds. The summed E-state index contributed by atoms with van der Waals surface area (Å²) in [6.07, 6.45) is 0. The van der Waals surface area contributed by atoms with E-state index in [2.05, 4.69) is 0 Å². The van der Waals surface area contributed by atoms with Crippen molar-refractivity contribution in [3.05, 3.63) is 29.3 Å². The van der Waals surface area contributed by atoms with Crippen molar-refractivity contribution in [2.75, 3.05) is 13.7 Å². The Balaban J connectivity index is 3.45. The van der Waals surface area contributed by atoms with E-state index in [1.54, 1.807) is 19.2 Å². The Morgan fingerprint density at radius 1 is 1.26 bits per heavy atom. The molecule has 106 valence electrons. The van der Waals surface area contributed by atoms with Gasteiger partial charge in [-0.2, -0.15) is 0 Å². The van der Waals surface area contributed by atoms with E-state index in [1.165, 1.54) is 6.92 Å². The van der Waals surface area contributed by atoms with Crippen LogP contribution >= 0.6 is 0 Å². The summed E-state index contributed by atoms with van der Waals surface area (Å²) in [5.74, 6) is -0.318. The van der Waals surface area contributed by atoms with Crippen molar-refractivity contribution < 1.29 is 19.7 Å². The number of benzene rings is 1. The van der Waals surface area contributed by atoms with Crippen molar-refractivity contribution >= 4 is 5.97 Å². The number of aliphatic hydroxyl groups excluding tert-OH is 1. The van der Waals surface area contributed by atoms with Crippen LogP contribution in [-0.2, 0) is 15.6 Å². The molecule has 19 heavy (non-hydrogen) atoms. The highest BCUT2D eigenvalue weighted by atomic mass is 16.5. The third-order valence-electron chi connectivity index (χ3n) is 3.43. The van der Waals surface area contributed by atoms with E-state index in [0.717, 1.165) is 11.3 Å². The molecule has 0 heterocycles. The lowest BCUT2D eigenvalue weighted by molar-refractivity contribution is -0.144. The standard InChI is InChI=1S/C15H22O4/c1-14(2,3)11-8-10(6-7-12(11)19-5)15(4,9-16)13(17)18/h6-8,16H,9H2,1-5H3,(H,17,18). The van der Waals surface area contributed by atoms with Gasteiger partial charge >= 0.3 is 5.97 Å². The molecule has 0 saturated heterocycles. The van der Waals surface area contributed by atoms with Crippen molar-refractivity contribution in [3.8, 4) is 5.75 Å². The minimum Gasteiger partial charge on any atom is -0.496 e. The number of hydrogen-bond donors (Lipinski definition) is 2. The van der Waals surface area contributed by atoms with E-state index >= 15 is 0 Å². The first-order chi connectivity index (χ1) is 8.66. The van der Waals surface area contributed by atoms with Crippen LogP contribution in [0, 0.1) is 0 Å². The monoisotopic (exact) mass is 266 g/mol. The molecule has 0 bridgehead atoms. The minimum absolute atomic E-state index is 0.170. The Morgan fingerprint density at radius 3 is 2.21 bits per heavy atom. The molecule has 1 atom stereocenters. The summed E-state index contributed by atoms with van der Waals surface area (Å²) < 4.78 is 5.32. The number of carboxylic acids is 1. The van der Waals surface area contributed by atoms with Gasteiger partial charge in [-0.1, -0.05) is 32.9 Å². The highest BCUT2D eigenvalue weighted by Crippen LogP contribution is 2.35. The maximum Gasteiger partial charge on any atom is 0.316 e. The number of carboxylic acid groups (broad SMARTS) is 1. The quantitative estimate of drug-likeness (QED) is 0.877. The summed E-state index contributed by atoms with van der Waals surface area (Å²) in [6, 6.07) is 5.26. The zero-order valence-electron chi connectivity index (χ0n) is 12.2. The van der Waals surface area contributed by atoms with Gasteiger partial charge in [-0.15, -0.1) is 0 Å². The molecule has 1 aromatic rings. The third-order valence-corrected chi connectivity index (χ3v) is 3.43. The van der Waals surface area contributed by atoms with Gasteiger partial charge in [0.25, 0.3) is 0 Å². The van der Waals surface area contributed by atoms with E-state index in [1.807, 2.05) is 26.8 Å². The van der Waals surface area contributed by atoms with Gasteiger partial charge in [0.05, 0.1) is 13.7 Å². The van der Waals surface area contributed by atoms with Crippen LogP contribution < -0.4 is 4.74 Å². The Hall–Kier alpha value is -1.55. The molecule has 0 aliphatic heterocycles. The number of rotatable bonds is 4. The highest BCUT2D eigenvalue weighted by Gasteiger charge is 2.35. The van der Waals surface area contributed by atoms with Gasteiger partial charge in [-0.05, 0) is 29.5 Å². The topological polar surface area (TPSA) is 66.8 Å². The largest absolute Gasteiger partial charge is 0.496 e.